The second kappa shape index (κ2) is 8.04. The van der Waals surface area contributed by atoms with Gasteiger partial charge in [-0.05, 0) is 47.1 Å². The van der Waals surface area contributed by atoms with E-state index in [0.717, 1.165) is 17.1 Å². The molecule has 4 rings (SSSR count). The lowest BCUT2D eigenvalue weighted by Gasteiger charge is -2.34. The van der Waals surface area contributed by atoms with Crippen LogP contribution in [0.5, 0.6) is 0 Å². The second-order valence-corrected chi connectivity index (χ2v) is 7.33. The van der Waals surface area contributed by atoms with Gasteiger partial charge in [-0.2, -0.15) is 0 Å². The molecular weight excluding hydrogens is 374 g/mol. The van der Waals surface area contributed by atoms with E-state index in [0.29, 0.717) is 37.2 Å². The van der Waals surface area contributed by atoms with Crippen LogP contribution in [0.15, 0.2) is 39.4 Å². The first-order valence-corrected chi connectivity index (χ1v) is 9.52. The van der Waals surface area contributed by atoms with Gasteiger partial charge >= 0.3 is 0 Å². The van der Waals surface area contributed by atoms with Crippen LogP contribution in [-0.4, -0.2) is 58.1 Å². The van der Waals surface area contributed by atoms with Crippen molar-refractivity contribution in [2.45, 2.75) is 32.5 Å². The van der Waals surface area contributed by atoms with Gasteiger partial charge < -0.3 is 14.6 Å². The van der Waals surface area contributed by atoms with Crippen molar-refractivity contribution in [1.29, 1.82) is 0 Å². The average Bonchev–Trinajstić information content (AvgIpc) is 3.32. The van der Waals surface area contributed by atoms with Gasteiger partial charge in [0.2, 0.25) is 11.8 Å². The van der Waals surface area contributed by atoms with E-state index in [1.165, 1.54) is 0 Å². The number of carbonyl (C=O) groups is 2. The molecule has 0 bridgehead atoms. The minimum absolute atomic E-state index is 0.106. The third-order valence-corrected chi connectivity index (χ3v) is 5.13. The Morgan fingerprint density at radius 3 is 2.90 bits per heavy atom. The molecule has 0 aliphatic carbocycles. The summed E-state index contributed by atoms with van der Waals surface area (Å²) in [5.74, 6) is 1.38. The first-order valence-electron chi connectivity index (χ1n) is 9.52. The molecule has 0 radical (unpaired) electrons. The van der Waals surface area contributed by atoms with Crippen LogP contribution < -0.4 is 5.32 Å². The van der Waals surface area contributed by atoms with Crippen molar-refractivity contribution in [3.05, 3.63) is 47.4 Å². The highest BCUT2D eigenvalue weighted by atomic mass is 16.6. The van der Waals surface area contributed by atoms with Crippen molar-refractivity contribution in [1.82, 2.24) is 25.4 Å². The topological polar surface area (TPSA) is 105 Å². The van der Waals surface area contributed by atoms with Crippen LogP contribution in [0.2, 0.25) is 0 Å². The summed E-state index contributed by atoms with van der Waals surface area (Å²) in [5, 5.41) is 10.5. The lowest BCUT2D eigenvalue weighted by atomic mass is 10.1. The number of aryl methyl sites for hydroxylation is 1. The van der Waals surface area contributed by atoms with Crippen molar-refractivity contribution < 1.29 is 18.6 Å². The zero-order valence-corrected chi connectivity index (χ0v) is 16.4. The van der Waals surface area contributed by atoms with E-state index in [1.54, 1.807) is 18.0 Å². The Morgan fingerprint density at radius 2 is 2.10 bits per heavy atom. The van der Waals surface area contributed by atoms with Crippen LogP contribution in [0.4, 0.5) is 0 Å². The summed E-state index contributed by atoms with van der Waals surface area (Å²) < 4.78 is 10.4. The quantitative estimate of drug-likeness (QED) is 0.672. The van der Waals surface area contributed by atoms with Crippen LogP contribution >= 0.6 is 0 Å². The first-order chi connectivity index (χ1) is 14.0. The molecule has 0 spiro atoms. The molecule has 3 aromatic rings. The van der Waals surface area contributed by atoms with Gasteiger partial charge in [0, 0.05) is 26.7 Å². The third-order valence-electron chi connectivity index (χ3n) is 5.13. The molecule has 0 saturated carbocycles. The van der Waals surface area contributed by atoms with Gasteiger partial charge in [-0.15, -0.1) is 0 Å². The maximum absolute atomic E-state index is 12.8. The minimum Gasteiger partial charge on any atom is -0.465 e. The van der Waals surface area contributed by atoms with Crippen molar-refractivity contribution in [2.75, 3.05) is 20.1 Å². The molecule has 9 nitrogen and oxygen atoms in total. The van der Waals surface area contributed by atoms with Gasteiger partial charge in [-0.3, -0.25) is 14.5 Å². The van der Waals surface area contributed by atoms with Crippen molar-refractivity contribution >= 4 is 22.8 Å². The van der Waals surface area contributed by atoms with Gasteiger partial charge in [-0.1, -0.05) is 6.07 Å². The summed E-state index contributed by atoms with van der Waals surface area (Å²) in [6.45, 7) is 4.02. The number of piperazine rings is 1. The lowest BCUT2D eigenvalue weighted by molar-refractivity contribution is -0.138. The van der Waals surface area contributed by atoms with Crippen molar-refractivity contribution in [3.8, 4) is 0 Å². The highest BCUT2D eigenvalue weighted by Crippen LogP contribution is 2.18. The van der Waals surface area contributed by atoms with Gasteiger partial charge in [0.15, 0.2) is 0 Å². The van der Waals surface area contributed by atoms with Gasteiger partial charge in [0.1, 0.15) is 22.6 Å². The fourth-order valence-corrected chi connectivity index (χ4v) is 3.55. The monoisotopic (exact) mass is 397 g/mol. The largest absolute Gasteiger partial charge is 0.465 e. The summed E-state index contributed by atoms with van der Waals surface area (Å²) in [5.41, 5.74) is 2.24. The predicted octanol–water partition coefficient (Wildman–Crippen LogP) is 1.47. The number of benzene rings is 1. The molecule has 1 aliphatic heterocycles. The molecule has 1 saturated heterocycles. The summed E-state index contributed by atoms with van der Waals surface area (Å²) in [6.07, 6.45) is 0.107. The van der Waals surface area contributed by atoms with E-state index < -0.39 is 6.04 Å². The van der Waals surface area contributed by atoms with Crippen molar-refractivity contribution in [3.63, 3.8) is 0 Å². The van der Waals surface area contributed by atoms with E-state index >= 15 is 0 Å². The number of hydrogen-bond acceptors (Lipinski definition) is 7. The maximum atomic E-state index is 12.8. The Bertz CT molecular complexity index is 1030. The normalized spacial score (nSPS) is 17.4. The average molecular weight is 397 g/mol. The molecule has 1 fully saturated rings. The second-order valence-electron chi connectivity index (χ2n) is 7.33. The van der Waals surface area contributed by atoms with Gasteiger partial charge in [-0.25, -0.2) is 4.63 Å². The molecule has 29 heavy (non-hydrogen) atoms. The standard InChI is InChI=1S/C20H23N5O4/c1-13-3-5-15(28-13)12-25-8-7-21-20(27)18(25)10-19(26)24(2)11-14-4-6-16-17(9-14)23-29-22-16/h3-6,9,18H,7-8,10-12H2,1-2H3,(H,21,27). The van der Waals surface area contributed by atoms with E-state index in [-0.39, 0.29) is 18.2 Å². The summed E-state index contributed by atoms with van der Waals surface area (Å²) in [7, 11) is 1.73. The minimum atomic E-state index is -0.522. The summed E-state index contributed by atoms with van der Waals surface area (Å²) in [6, 6.07) is 8.81. The Morgan fingerprint density at radius 1 is 1.28 bits per heavy atom. The number of carbonyl (C=O) groups excluding carboxylic acids is 2. The van der Waals surface area contributed by atoms with Gasteiger partial charge in [0.05, 0.1) is 19.0 Å². The zero-order valence-electron chi connectivity index (χ0n) is 16.4. The molecule has 152 valence electrons. The Hall–Kier alpha value is -3.20. The Balaban J connectivity index is 1.41. The summed E-state index contributed by atoms with van der Waals surface area (Å²) >= 11 is 0. The Labute approximate surface area is 167 Å². The third kappa shape index (κ3) is 4.29. The highest BCUT2D eigenvalue weighted by Gasteiger charge is 2.33. The number of amides is 2. The number of aromatic nitrogens is 2. The number of nitrogens with one attached hydrogen (secondary N) is 1. The van der Waals surface area contributed by atoms with Crippen LogP contribution in [-0.2, 0) is 22.7 Å². The predicted molar refractivity (Wildman–Crippen MR) is 104 cm³/mol. The van der Waals surface area contributed by atoms with Gasteiger partial charge in [0.25, 0.3) is 0 Å². The highest BCUT2D eigenvalue weighted by molar-refractivity contribution is 5.88. The fourth-order valence-electron chi connectivity index (χ4n) is 3.55. The van der Waals surface area contributed by atoms with E-state index in [1.807, 2.05) is 36.1 Å². The number of rotatable bonds is 6. The zero-order chi connectivity index (χ0) is 20.4. The molecule has 1 atom stereocenters. The molecule has 9 heteroatoms. The Kier molecular flexibility index (Phi) is 5.30. The SMILES string of the molecule is Cc1ccc(CN2CCNC(=O)C2CC(=O)N(C)Cc2ccc3nonc3c2)o1. The number of nitrogens with zero attached hydrogens (tertiary/aromatic N) is 4. The van der Waals surface area contributed by atoms with Crippen LogP contribution in [0, 0.1) is 6.92 Å². The van der Waals surface area contributed by atoms with Crippen LogP contribution in [0.1, 0.15) is 23.5 Å². The number of fused-ring (bicyclic) bond motifs is 1. The molecule has 1 aromatic carbocycles. The molecule has 2 amide bonds. The molecule has 1 N–H and O–H groups in total. The molecule has 3 heterocycles. The number of hydrogen-bond donors (Lipinski definition) is 1. The van der Waals surface area contributed by atoms with E-state index in [4.69, 9.17) is 9.05 Å². The van der Waals surface area contributed by atoms with Crippen molar-refractivity contribution in [2.24, 2.45) is 0 Å². The van der Waals surface area contributed by atoms with Crippen LogP contribution in [0.25, 0.3) is 11.0 Å². The first kappa shape index (κ1) is 19.1. The smallest absolute Gasteiger partial charge is 0.237 e. The summed E-state index contributed by atoms with van der Waals surface area (Å²) in [4.78, 5) is 28.9. The lowest BCUT2D eigenvalue weighted by Crippen LogP contribution is -2.56. The number of furan rings is 1. The molecular formula is C20H23N5O4. The van der Waals surface area contributed by atoms with E-state index in [9.17, 15) is 9.59 Å². The maximum Gasteiger partial charge on any atom is 0.237 e. The molecule has 1 aliphatic rings. The van der Waals surface area contributed by atoms with Crippen LogP contribution in [0.3, 0.4) is 0 Å². The molecule has 2 aromatic heterocycles. The molecule has 1 unspecified atom stereocenters. The van der Waals surface area contributed by atoms with E-state index in [2.05, 4.69) is 15.6 Å². The fraction of sp³-hybridized carbons (Fsp3) is 0.400.